The van der Waals surface area contributed by atoms with Crippen LogP contribution in [0.3, 0.4) is 0 Å². The van der Waals surface area contributed by atoms with Crippen LogP contribution in [0.5, 0.6) is 5.75 Å². The summed E-state index contributed by atoms with van der Waals surface area (Å²) in [6.45, 7) is 0.849. The zero-order chi connectivity index (χ0) is 11.6. The van der Waals surface area contributed by atoms with Crippen molar-refractivity contribution in [2.45, 2.75) is 0 Å². The summed E-state index contributed by atoms with van der Waals surface area (Å²) < 4.78 is 30.6. The van der Waals surface area contributed by atoms with Gasteiger partial charge >= 0.3 is 0 Å². The SMILES string of the molecule is NCCS(=O)(=O)N1CCOc2ccccc21. The van der Waals surface area contributed by atoms with Crippen molar-refractivity contribution in [1.82, 2.24) is 0 Å². The fourth-order valence-electron chi connectivity index (χ4n) is 1.69. The van der Waals surface area contributed by atoms with E-state index >= 15 is 0 Å². The lowest BCUT2D eigenvalue weighted by atomic mass is 10.2. The molecule has 0 saturated carbocycles. The van der Waals surface area contributed by atoms with E-state index in [1.54, 1.807) is 18.2 Å². The molecule has 1 aliphatic heterocycles. The Balaban J connectivity index is 2.39. The summed E-state index contributed by atoms with van der Waals surface area (Å²) in [4.78, 5) is 0. The lowest BCUT2D eigenvalue weighted by molar-refractivity contribution is 0.316. The number of rotatable bonds is 3. The molecule has 0 saturated heterocycles. The first-order chi connectivity index (χ1) is 7.65. The zero-order valence-corrected chi connectivity index (χ0v) is 9.61. The third kappa shape index (κ3) is 1.98. The molecule has 0 unspecified atom stereocenters. The van der Waals surface area contributed by atoms with Gasteiger partial charge in [0.25, 0.3) is 0 Å². The van der Waals surface area contributed by atoms with E-state index in [4.69, 9.17) is 10.5 Å². The maximum Gasteiger partial charge on any atom is 0.236 e. The topological polar surface area (TPSA) is 72.6 Å². The molecule has 0 aromatic heterocycles. The predicted molar refractivity (Wildman–Crippen MR) is 62.1 cm³/mol. The zero-order valence-electron chi connectivity index (χ0n) is 8.80. The Hall–Kier alpha value is -1.27. The second-order valence-corrected chi connectivity index (χ2v) is 5.51. The van der Waals surface area contributed by atoms with E-state index in [0.29, 0.717) is 24.6 Å². The van der Waals surface area contributed by atoms with Crippen LogP contribution in [0.25, 0.3) is 0 Å². The number of hydrogen-bond acceptors (Lipinski definition) is 4. The molecular weight excluding hydrogens is 228 g/mol. The Labute approximate surface area is 94.9 Å². The number of para-hydroxylation sites is 2. The summed E-state index contributed by atoms with van der Waals surface area (Å²) in [6, 6.07) is 7.11. The molecule has 88 valence electrons. The molecule has 5 nitrogen and oxygen atoms in total. The fourth-order valence-corrected chi connectivity index (χ4v) is 3.01. The molecule has 2 rings (SSSR count). The van der Waals surface area contributed by atoms with Gasteiger partial charge < -0.3 is 10.5 Å². The number of hydrogen-bond donors (Lipinski definition) is 1. The first kappa shape index (κ1) is 11.2. The van der Waals surface area contributed by atoms with Gasteiger partial charge in [0.05, 0.1) is 18.0 Å². The molecule has 6 heteroatoms. The second-order valence-electron chi connectivity index (χ2n) is 3.49. The molecule has 1 aromatic rings. The lowest BCUT2D eigenvalue weighted by Crippen LogP contribution is -2.40. The van der Waals surface area contributed by atoms with Gasteiger partial charge in [0, 0.05) is 6.54 Å². The van der Waals surface area contributed by atoms with Gasteiger partial charge in [-0.3, -0.25) is 4.31 Å². The number of nitrogens with two attached hydrogens (primary N) is 1. The van der Waals surface area contributed by atoms with E-state index in [0.717, 1.165) is 0 Å². The number of nitrogens with zero attached hydrogens (tertiary/aromatic N) is 1. The van der Waals surface area contributed by atoms with E-state index in [9.17, 15) is 8.42 Å². The highest BCUT2D eigenvalue weighted by atomic mass is 32.2. The summed E-state index contributed by atoms with van der Waals surface area (Å²) in [5.41, 5.74) is 5.90. The van der Waals surface area contributed by atoms with E-state index < -0.39 is 10.0 Å². The average Bonchev–Trinajstić information content (AvgIpc) is 2.28. The molecule has 2 N–H and O–H groups in total. The van der Waals surface area contributed by atoms with Crippen molar-refractivity contribution < 1.29 is 13.2 Å². The van der Waals surface area contributed by atoms with Crippen LogP contribution < -0.4 is 14.8 Å². The normalized spacial score (nSPS) is 15.4. The summed E-state index contributed by atoms with van der Waals surface area (Å²) >= 11 is 0. The predicted octanol–water partition coefficient (Wildman–Crippen LogP) is 0.174. The fraction of sp³-hybridized carbons (Fsp3) is 0.400. The Morgan fingerprint density at radius 1 is 1.38 bits per heavy atom. The van der Waals surface area contributed by atoms with E-state index in [-0.39, 0.29) is 12.3 Å². The highest BCUT2D eigenvalue weighted by Crippen LogP contribution is 2.32. The van der Waals surface area contributed by atoms with E-state index in [1.165, 1.54) is 4.31 Å². The summed E-state index contributed by atoms with van der Waals surface area (Å²) in [5.74, 6) is 0.566. The number of benzene rings is 1. The molecule has 16 heavy (non-hydrogen) atoms. The van der Waals surface area contributed by atoms with Gasteiger partial charge in [0.1, 0.15) is 12.4 Å². The molecule has 0 radical (unpaired) electrons. The van der Waals surface area contributed by atoms with Crippen molar-refractivity contribution in [3.8, 4) is 5.75 Å². The van der Waals surface area contributed by atoms with Gasteiger partial charge in [-0.2, -0.15) is 0 Å². The van der Waals surface area contributed by atoms with E-state index in [1.807, 2.05) is 6.07 Å². The highest BCUT2D eigenvalue weighted by molar-refractivity contribution is 7.92. The van der Waals surface area contributed by atoms with Crippen molar-refractivity contribution in [2.24, 2.45) is 5.73 Å². The molecule has 0 atom stereocenters. The molecule has 0 aliphatic carbocycles. The van der Waals surface area contributed by atoms with Gasteiger partial charge in [0.2, 0.25) is 10.0 Å². The Morgan fingerprint density at radius 2 is 2.12 bits per heavy atom. The molecule has 0 amide bonds. The van der Waals surface area contributed by atoms with Crippen LogP contribution in [-0.4, -0.2) is 33.9 Å². The van der Waals surface area contributed by atoms with Gasteiger partial charge in [-0.25, -0.2) is 8.42 Å². The first-order valence-corrected chi connectivity index (χ1v) is 6.68. The number of ether oxygens (including phenoxy) is 1. The quantitative estimate of drug-likeness (QED) is 0.820. The van der Waals surface area contributed by atoms with Crippen LogP contribution in [0.15, 0.2) is 24.3 Å². The smallest absolute Gasteiger partial charge is 0.236 e. The molecule has 0 spiro atoms. The molecular formula is C10H14N2O3S. The van der Waals surface area contributed by atoms with Crippen molar-refractivity contribution in [1.29, 1.82) is 0 Å². The molecule has 0 bridgehead atoms. The highest BCUT2D eigenvalue weighted by Gasteiger charge is 2.27. The van der Waals surface area contributed by atoms with Crippen LogP contribution in [0, 0.1) is 0 Å². The lowest BCUT2D eigenvalue weighted by Gasteiger charge is -2.30. The number of anilines is 1. The van der Waals surface area contributed by atoms with Crippen molar-refractivity contribution >= 4 is 15.7 Å². The minimum atomic E-state index is -3.32. The third-order valence-corrected chi connectivity index (χ3v) is 4.20. The second kappa shape index (κ2) is 4.31. The number of fused-ring (bicyclic) bond motifs is 1. The summed E-state index contributed by atoms with van der Waals surface area (Å²) in [6.07, 6.45) is 0. The van der Waals surface area contributed by atoms with Crippen molar-refractivity contribution in [2.75, 3.05) is 29.8 Å². The third-order valence-electron chi connectivity index (χ3n) is 2.40. The Morgan fingerprint density at radius 3 is 2.88 bits per heavy atom. The van der Waals surface area contributed by atoms with Crippen molar-refractivity contribution in [3.05, 3.63) is 24.3 Å². The summed E-state index contributed by atoms with van der Waals surface area (Å²) in [5, 5.41) is 0. The Bertz CT molecular complexity index is 473. The maximum atomic E-state index is 11.9. The number of sulfonamides is 1. The van der Waals surface area contributed by atoms with Crippen molar-refractivity contribution in [3.63, 3.8) is 0 Å². The molecule has 1 heterocycles. The van der Waals surface area contributed by atoms with Crippen LogP contribution in [0.2, 0.25) is 0 Å². The summed E-state index contributed by atoms with van der Waals surface area (Å²) in [7, 11) is -3.32. The van der Waals surface area contributed by atoms with E-state index in [2.05, 4.69) is 0 Å². The van der Waals surface area contributed by atoms with Gasteiger partial charge in [-0.1, -0.05) is 12.1 Å². The Kier molecular flexibility index (Phi) is 3.02. The standard InChI is InChI=1S/C10H14N2O3S/c11-5-8-16(13,14)12-6-7-15-10-4-2-1-3-9(10)12/h1-4H,5-8,11H2. The molecule has 0 fully saturated rings. The van der Waals surface area contributed by atoms with Gasteiger partial charge in [-0.05, 0) is 12.1 Å². The van der Waals surface area contributed by atoms with Crippen LogP contribution in [0.1, 0.15) is 0 Å². The van der Waals surface area contributed by atoms with Crippen LogP contribution >= 0.6 is 0 Å². The van der Waals surface area contributed by atoms with Crippen LogP contribution in [-0.2, 0) is 10.0 Å². The van der Waals surface area contributed by atoms with Gasteiger partial charge in [-0.15, -0.1) is 0 Å². The largest absolute Gasteiger partial charge is 0.489 e. The first-order valence-electron chi connectivity index (χ1n) is 5.07. The minimum Gasteiger partial charge on any atom is -0.489 e. The maximum absolute atomic E-state index is 11.9. The molecule has 1 aromatic carbocycles. The van der Waals surface area contributed by atoms with Crippen LogP contribution in [0.4, 0.5) is 5.69 Å². The molecule has 1 aliphatic rings. The average molecular weight is 242 g/mol. The minimum absolute atomic E-state index is 0.0403. The van der Waals surface area contributed by atoms with Gasteiger partial charge in [0.15, 0.2) is 0 Å². The monoisotopic (exact) mass is 242 g/mol.